The Morgan fingerprint density at radius 2 is 1.53 bits per heavy atom. The van der Waals surface area contributed by atoms with Crippen molar-refractivity contribution in [3.63, 3.8) is 0 Å². The molecule has 0 N–H and O–H groups in total. The minimum Gasteiger partial charge on any atom is -0.310 e. The van der Waals surface area contributed by atoms with Crippen LogP contribution >= 0.6 is 11.6 Å². The zero-order chi connectivity index (χ0) is 23.0. The smallest absolute Gasteiger partial charge is 0.310 e. The minimum absolute atomic E-state index is 0.00249. The molecule has 1 heterocycles. The van der Waals surface area contributed by atoms with Crippen molar-refractivity contribution in [2.75, 3.05) is 16.3 Å². The first-order chi connectivity index (χ1) is 15.2. The molecule has 0 aliphatic carbocycles. The van der Waals surface area contributed by atoms with Crippen LogP contribution in [0.5, 0.6) is 0 Å². The molecule has 0 aromatic heterocycles. The predicted molar refractivity (Wildman–Crippen MR) is 117 cm³/mol. The number of rotatable bonds is 3. The van der Waals surface area contributed by atoms with Crippen molar-refractivity contribution >= 4 is 40.5 Å². The highest BCUT2D eigenvalue weighted by Crippen LogP contribution is 2.44. The average molecular weight is 459 g/mol. The third-order valence-electron chi connectivity index (χ3n) is 5.35. The van der Waals surface area contributed by atoms with Crippen molar-refractivity contribution in [2.24, 2.45) is 0 Å². The van der Waals surface area contributed by atoms with Crippen molar-refractivity contribution in [3.05, 3.63) is 88.9 Å². The average Bonchev–Trinajstić information content (AvgIpc) is 2.85. The Hall–Kier alpha value is -3.32. The summed E-state index contributed by atoms with van der Waals surface area (Å²) < 4.78 is 40.6. The van der Waals surface area contributed by atoms with E-state index in [4.69, 9.17) is 11.6 Å². The summed E-state index contributed by atoms with van der Waals surface area (Å²) in [4.78, 5) is 29.8. The molecule has 32 heavy (non-hydrogen) atoms. The highest BCUT2D eigenvalue weighted by molar-refractivity contribution is 6.30. The number of amides is 2. The summed E-state index contributed by atoms with van der Waals surface area (Å²) >= 11 is 5.97. The molecule has 4 nitrogen and oxygen atoms in total. The first kappa shape index (κ1) is 21.9. The first-order valence-electron chi connectivity index (χ1n) is 9.89. The van der Waals surface area contributed by atoms with Gasteiger partial charge in [-0.3, -0.25) is 14.5 Å². The maximum atomic E-state index is 13.8. The number of carbonyl (C=O) groups is 2. The zero-order valence-corrected chi connectivity index (χ0v) is 17.7. The van der Waals surface area contributed by atoms with Crippen LogP contribution in [-0.4, -0.2) is 18.4 Å². The number of benzene rings is 3. The van der Waals surface area contributed by atoms with Gasteiger partial charge >= 0.3 is 6.18 Å². The molecule has 1 unspecified atom stereocenters. The van der Waals surface area contributed by atoms with Crippen LogP contribution in [0.25, 0.3) is 0 Å². The lowest BCUT2D eigenvalue weighted by Gasteiger charge is -2.26. The van der Waals surface area contributed by atoms with Gasteiger partial charge in [-0.15, -0.1) is 0 Å². The maximum absolute atomic E-state index is 13.8. The van der Waals surface area contributed by atoms with Gasteiger partial charge in [-0.1, -0.05) is 41.9 Å². The molecular weight excluding hydrogens is 441 g/mol. The fourth-order valence-electron chi connectivity index (χ4n) is 3.85. The molecule has 4 rings (SSSR count). The van der Waals surface area contributed by atoms with Gasteiger partial charge in [-0.25, -0.2) is 0 Å². The molecule has 2 amide bonds. The predicted octanol–water partition coefficient (Wildman–Crippen LogP) is 6.17. The SMILES string of the molecule is CCN1C(=O)C(c2ccc(Cl)cc2)C(=O)N(c2ccccc2)c2cc(C(F)(F)F)ccc21. The molecule has 8 heteroatoms. The molecule has 0 saturated carbocycles. The monoisotopic (exact) mass is 458 g/mol. The summed E-state index contributed by atoms with van der Waals surface area (Å²) in [6, 6.07) is 17.7. The van der Waals surface area contributed by atoms with Gasteiger partial charge in [0.05, 0.1) is 16.9 Å². The van der Waals surface area contributed by atoms with E-state index in [0.29, 0.717) is 16.3 Å². The summed E-state index contributed by atoms with van der Waals surface area (Å²) in [6.45, 7) is 1.89. The summed E-state index contributed by atoms with van der Waals surface area (Å²) in [7, 11) is 0. The van der Waals surface area contributed by atoms with Crippen LogP contribution < -0.4 is 9.80 Å². The van der Waals surface area contributed by atoms with Crippen molar-refractivity contribution < 1.29 is 22.8 Å². The fraction of sp³-hybridized carbons (Fsp3) is 0.167. The maximum Gasteiger partial charge on any atom is 0.416 e. The summed E-state index contributed by atoms with van der Waals surface area (Å²) in [5.41, 5.74) is 0.107. The highest BCUT2D eigenvalue weighted by Gasteiger charge is 2.42. The van der Waals surface area contributed by atoms with Crippen LogP contribution in [0.3, 0.4) is 0 Å². The fourth-order valence-corrected chi connectivity index (χ4v) is 3.97. The van der Waals surface area contributed by atoms with Gasteiger partial charge in [0.2, 0.25) is 11.8 Å². The van der Waals surface area contributed by atoms with E-state index in [1.54, 1.807) is 61.5 Å². The van der Waals surface area contributed by atoms with Gasteiger partial charge in [-0.05, 0) is 55.0 Å². The first-order valence-corrected chi connectivity index (χ1v) is 10.3. The van der Waals surface area contributed by atoms with E-state index in [0.717, 1.165) is 12.1 Å². The summed E-state index contributed by atoms with van der Waals surface area (Å²) in [5, 5.41) is 0.438. The minimum atomic E-state index is -4.61. The molecule has 164 valence electrons. The molecule has 3 aromatic rings. The lowest BCUT2D eigenvalue weighted by atomic mass is 9.96. The normalized spacial score (nSPS) is 16.7. The number of anilines is 3. The Morgan fingerprint density at radius 1 is 0.875 bits per heavy atom. The van der Waals surface area contributed by atoms with Crippen molar-refractivity contribution in [2.45, 2.75) is 19.0 Å². The Labute approximate surface area is 187 Å². The highest BCUT2D eigenvalue weighted by atomic mass is 35.5. The third kappa shape index (κ3) is 3.84. The quantitative estimate of drug-likeness (QED) is 0.440. The zero-order valence-electron chi connectivity index (χ0n) is 16.9. The van der Waals surface area contributed by atoms with Gasteiger partial charge < -0.3 is 4.90 Å². The van der Waals surface area contributed by atoms with Crippen LogP contribution in [-0.2, 0) is 15.8 Å². The number of halogens is 4. The number of likely N-dealkylation sites (N-methyl/N-ethyl adjacent to an activating group) is 1. The molecule has 0 saturated heterocycles. The third-order valence-corrected chi connectivity index (χ3v) is 5.60. The van der Waals surface area contributed by atoms with E-state index in [1.807, 2.05) is 0 Å². The van der Waals surface area contributed by atoms with Gasteiger partial charge in [-0.2, -0.15) is 13.2 Å². The Bertz CT molecular complexity index is 1160. The van der Waals surface area contributed by atoms with E-state index in [1.165, 1.54) is 15.9 Å². The molecule has 0 bridgehead atoms. The number of nitrogens with zero attached hydrogens (tertiary/aromatic N) is 2. The molecule has 1 aliphatic rings. The van der Waals surface area contributed by atoms with Crippen LogP contribution in [0.15, 0.2) is 72.8 Å². The second kappa shape index (κ2) is 8.31. The molecule has 3 aromatic carbocycles. The topological polar surface area (TPSA) is 40.6 Å². The lowest BCUT2D eigenvalue weighted by molar-refractivity contribution is -0.137. The van der Waals surface area contributed by atoms with Crippen LogP contribution in [0.2, 0.25) is 5.02 Å². The Kier molecular flexibility index (Phi) is 5.69. The van der Waals surface area contributed by atoms with E-state index in [9.17, 15) is 22.8 Å². The number of fused-ring (bicyclic) bond motifs is 1. The van der Waals surface area contributed by atoms with Crippen LogP contribution in [0, 0.1) is 0 Å². The molecular formula is C24H18ClF3N2O2. The van der Waals surface area contributed by atoms with E-state index in [2.05, 4.69) is 0 Å². The molecule has 1 atom stereocenters. The van der Waals surface area contributed by atoms with Crippen molar-refractivity contribution in [1.82, 2.24) is 0 Å². The molecule has 0 spiro atoms. The second-order valence-electron chi connectivity index (χ2n) is 7.28. The Balaban J connectivity index is 1.99. The molecule has 0 fully saturated rings. The van der Waals surface area contributed by atoms with E-state index < -0.39 is 29.5 Å². The van der Waals surface area contributed by atoms with Gasteiger partial charge in [0.1, 0.15) is 5.92 Å². The standard InChI is InChI=1S/C24H18ClF3N2O2/c1-2-29-19-13-10-16(24(26,27)28)14-20(19)30(18-6-4-3-5-7-18)23(32)21(22(29)31)15-8-11-17(25)12-9-15/h3-14,21H,2H2,1H3. The van der Waals surface area contributed by atoms with E-state index in [-0.39, 0.29) is 17.9 Å². The second-order valence-corrected chi connectivity index (χ2v) is 7.71. The largest absolute Gasteiger partial charge is 0.416 e. The molecule has 0 radical (unpaired) electrons. The number of alkyl halides is 3. The number of hydrogen-bond acceptors (Lipinski definition) is 2. The number of carbonyl (C=O) groups excluding carboxylic acids is 2. The number of hydrogen-bond donors (Lipinski definition) is 0. The van der Waals surface area contributed by atoms with Gasteiger partial charge in [0.25, 0.3) is 0 Å². The van der Waals surface area contributed by atoms with Gasteiger partial charge in [0, 0.05) is 17.3 Å². The van der Waals surface area contributed by atoms with Gasteiger partial charge in [0.15, 0.2) is 0 Å². The molecule has 1 aliphatic heterocycles. The summed E-state index contributed by atoms with van der Waals surface area (Å²) in [6.07, 6.45) is -4.61. The lowest BCUT2D eigenvalue weighted by Crippen LogP contribution is -2.39. The van der Waals surface area contributed by atoms with Crippen molar-refractivity contribution in [1.29, 1.82) is 0 Å². The van der Waals surface area contributed by atoms with Crippen LogP contribution in [0.4, 0.5) is 30.2 Å². The van der Waals surface area contributed by atoms with Crippen molar-refractivity contribution in [3.8, 4) is 0 Å². The number of para-hydroxylation sites is 1. The van der Waals surface area contributed by atoms with Crippen LogP contribution in [0.1, 0.15) is 24.0 Å². The Morgan fingerprint density at radius 3 is 2.12 bits per heavy atom. The van der Waals surface area contributed by atoms with E-state index >= 15 is 0 Å². The summed E-state index contributed by atoms with van der Waals surface area (Å²) in [5.74, 6) is -2.39.